The third-order valence-electron chi connectivity index (χ3n) is 1.03. The van der Waals surface area contributed by atoms with E-state index >= 15 is 0 Å². The van der Waals surface area contributed by atoms with Gasteiger partial charge in [-0.2, -0.15) is 0 Å². The first-order valence-corrected chi connectivity index (χ1v) is 2.59. The van der Waals surface area contributed by atoms with Gasteiger partial charge in [0.05, 0.1) is 6.04 Å². The number of aromatic nitrogens is 3. The normalized spacial score (nSPS) is 13.0. The van der Waals surface area contributed by atoms with Crippen molar-refractivity contribution in [3.63, 3.8) is 0 Å². The van der Waals surface area contributed by atoms with Crippen LogP contribution in [0.15, 0.2) is 18.9 Å². The lowest BCUT2D eigenvalue weighted by atomic mass is 10.2. The Balaban J connectivity index is 2.76. The van der Waals surface area contributed by atoms with Crippen LogP contribution in [0.3, 0.4) is 0 Å². The summed E-state index contributed by atoms with van der Waals surface area (Å²) in [6.07, 6.45) is 3.25. The molecule has 1 aromatic heterocycles. The van der Waals surface area contributed by atoms with Gasteiger partial charge in [-0.25, -0.2) is 0 Å². The van der Waals surface area contributed by atoms with Crippen molar-refractivity contribution in [3.05, 3.63) is 24.5 Å². The van der Waals surface area contributed by atoms with Crippen LogP contribution in [0.4, 0.5) is 0 Å². The summed E-state index contributed by atoms with van der Waals surface area (Å²) in [4.78, 5) is 0. The Morgan fingerprint density at radius 2 is 2.67 bits per heavy atom. The first-order chi connectivity index (χ1) is 4.34. The molecule has 3 N–H and O–H groups in total. The number of aromatic amines is 1. The molecule has 9 heavy (non-hydrogen) atoms. The lowest BCUT2D eigenvalue weighted by molar-refractivity contribution is 0.836. The topological polar surface area (TPSA) is 67.6 Å². The van der Waals surface area contributed by atoms with E-state index in [1.165, 1.54) is 0 Å². The second-order valence-electron chi connectivity index (χ2n) is 1.66. The summed E-state index contributed by atoms with van der Waals surface area (Å²) in [5.41, 5.74) is 6.21. The van der Waals surface area contributed by atoms with E-state index in [1.807, 2.05) is 0 Å². The largest absolute Gasteiger partial charge is 0.319 e. The zero-order valence-corrected chi connectivity index (χ0v) is 4.91. The van der Waals surface area contributed by atoms with E-state index in [4.69, 9.17) is 5.73 Å². The average molecular weight is 124 g/mol. The molecule has 0 spiro atoms. The van der Waals surface area contributed by atoms with Crippen LogP contribution in [-0.2, 0) is 0 Å². The molecule has 4 nitrogen and oxygen atoms in total. The predicted octanol–water partition coefficient (Wildman–Crippen LogP) is -0.00950. The zero-order chi connectivity index (χ0) is 6.69. The highest BCUT2D eigenvalue weighted by Gasteiger charge is 2.01. The molecule has 4 heteroatoms. The molecule has 48 valence electrons. The number of nitrogens with one attached hydrogen (secondary N) is 1. The maximum Gasteiger partial charge on any atom is 0.103 e. The molecule has 0 saturated carbocycles. The Bertz CT molecular complexity index is 179. The molecule has 0 aliphatic rings. The fraction of sp³-hybridized carbons (Fsp3) is 0.200. The molecule has 0 saturated heterocycles. The molecular weight excluding hydrogens is 116 g/mol. The fourth-order valence-corrected chi connectivity index (χ4v) is 0.494. The molecule has 0 amide bonds. The molecule has 0 radical (unpaired) electrons. The Labute approximate surface area is 52.8 Å². The van der Waals surface area contributed by atoms with Crippen LogP contribution in [0.2, 0.25) is 0 Å². The Morgan fingerprint density at radius 3 is 3.11 bits per heavy atom. The van der Waals surface area contributed by atoms with Crippen molar-refractivity contribution >= 4 is 0 Å². The van der Waals surface area contributed by atoms with E-state index in [2.05, 4.69) is 22.0 Å². The standard InChI is InChI=1S/C5H8N4/c1-2-4(6)5-3-7-9-8-5/h2-4H,1,6H2,(H,7,8,9). The van der Waals surface area contributed by atoms with Gasteiger partial charge in [-0.05, 0) is 0 Å². The smallest absolute Gasteiger partial charge is 0.103 e. The van der Waals surface area contributed by atoms with Gasteiger partial charge in [-0.1, -0.05) is 11.3 Å². The molecule has 1 heterocycles. The molecule has 1 unspecified atom stereocenters. The van der Waals surface area contributed by atoms with Crippen LogP contribution in [0.5, 0.6) is 0 Å². The van der Waals surface area contributed by atoms with Crippen molar-refractivity contribution in [2.75, 3.05) is 0 Å². The highest BCUT2D eigenvalue weighted by Crippen LogP contribution is 2.02. The van der Waals surface area contributed by atoms with Crippen molar-refractivity contribution in [2.24, 2.45) is 5.73 Å². The highest BCUT2D eigenvalue weighted by atomic mass is 15.3. The van der Waals surface area contributed by atoms with E-state index < -0.39 is 0 Å². The van der Waals surface area contributed by atoms with Gasteiger partial charge in [0.2, 0.25) is 0 Å². The van der Waals surface area contributed by atoms with E-state index in [0.29, 0.717) is 5.69 Å². The number of rotatable bonds is 2. The summed E-state index contributed by atoms with van der Waals surface area (Å²) >= 11 is 0. The first kappa shape index (κ1) is 5.97. The number of hydrogen-bond acceptors (Lipinski definition) is 3. The number of hydrogen-bond donors (Lipinski definition) is 2. The van der Waals surface area contributed by atoms with Crippen molar-refractivity contribution < 1.29 is 0 Å². The van der Waals surface area contributed by atoms with Crippen molar-refractivity contribution in [2.45, 2.75) is 6.04 Å². The van der Waals surface area contributed by atoms with Gasteiger partial charge in [0.25, 0.3) is 0 Å². The van der Waals surface area contributed by atoms with Gasteiger partial charge in [0.15, 0.2) is 0 Å². The summed E-state index contributed by atoms with van der Waals surface area (Å²) in [6, 6.07) is -0.205. The molecule has 0 fully saturated rings. The van der Waals surface area contributed by atoms with E-state index in [9.17, 15) is 0 Å². The maximum absolute atomic E-state index is 5.50. The molecule has 1 rings (SSSR count). The summed E-state index contributed by atoms with van der Waals surface area (Å²) in [7, 11) is 0. The lowest BCUT2D eigenvalue weighted by Crippen LogP contribution is -2.06. The van der Waals surface area contributed by atoms with Crippen LogP contribution in [0.25, 0.3) is 0 Å². The lowest BCUT2D eigenvalue weighted by Gasteiger charge is -1.96. The second-order valence-corrected chi connectivity index (χ2v) is 1.66. The van der Waals surface area contributed by atoms with Crippen LogP contribution >= 0.6 is 0 Å². The van der Waals surface area contributed by atoms with Crippen molar-refractivity contribution in [1.29, 1.82) is 0 Å². The quantitative estimate of drug-likeness (QED) is 0.545. The summed E-state index contributed by atoms with van der Waals surface area (Å²) in [5, 5.41) is 9.73. The second kappa shape index (κ2) is 2.41. The third kappa shape index (κ3) is 1.14. The Hall–Kier alpha value is -1.16. The molecule has 1 aromatic rings. The van der Waals surface area contributed by atoms with E-state index in [0.717, 1.165) is 0 Å². The molecule has 0 bridgehead atoms. The Morgan fingerprint density at radius 1 is 1.89 bits per heavy atom. The monoisotopic (exact) mass is 124 g/mol. The van der Waals surface area contributed by atoms with Crippen LogP contribution < -0.4 is 5.73 Å². The summed E-state index contributed by atoms with van der Waals surface area (Å²) in [6.45, 7) is 3.51. The van der Waals surface area contributed by atoms with Gasteiger partial charge in [0, 0.05) is 6.20 Å². The minimum atomic E-state index is -0.205. The van der Waals surface area contributed by atoms with Crippen LogP contribution in [-0.4, -0.2) is 15.4 Å². The van der Waals surface area contributed by atoms with Crippen molar-refractivity contribution in [3.8, 4) is 0 Å². The number of nitrogens with zero attached hydrogens (tertiary/aromatic N) is 2. The molecule has 0 aliphatic heterocycles. The summed E-state index contributed by atoms with van der Waals surface area (Å²) in [5.74, 6) is 0. The number of nitrogens with two attached hydrogens (primary N) is 1. The SMILES string of the molecule is C=CC(N)c1c[nH]nn1. The van der Waals surface area contributed by atoms with Gasteiger partial charge < -0.3 is 5.73 Å². The van der Waals surface area contributed by atoms with Gasteiger partial charge in [0.1, 0.15) is 5.69 Å². The van der Waals surface area contributed by atoms with Gasteiger partial charge in [-0.15, -0.1) is 11.7 Å². The van der Waals surface area contributed by atoms with E-state index in [1.54, 1.807) is 12.3 Å². The zero-order valence-electron chi connectivity index (χ0n) is 4.91. The molecule has 0 aliphatic carbocycles. The number of H-pyrrole nitrogens is 1. The Kier molecular flexibility index (Phi) is 1.60. The van der Waals surface area contributed by atoms with Gasteiger partial charge >= 0.3 is 0 Å². The minimum absolute atomic E-state index is 0.205. The van der Waals surface area contributed by atoms with Crippen LogP contribution in [0.1, 0.15) is 11.7 Å². The van der Waals surface area contributed by atoms with Gasteiger partial charge in [-0.3, -0.25) is 5.10 Å². The van der Waals surface area contributed by atoms with Crippen molar-refractivity contribution in [1.82, 2.24) is 15.4 Å². The first-order valence-electron chi connectivity index (χ1n) is 2.59. The predicted molar refractivity (Wildman–Crippen MR) is 33.5 cm³/mol. The molecular formula is C5H8N4. The average Bonchev–Trinajstić information content (AvgIpc) is 2.37. The van der Waals surface area contributed by atoms with Crippen LogP contribution in [0, 0.1) is 0 Å². The maximum atomic E-state index is 5.50. The highest BCUT2D eigenvalue weighted by molar-refractivity contribution is 5.05. The summed E-state index contributed by atoms with van der Waals surface area (Å²) < 4.78 is 0. The minimum Gasteiger partial charge on any atom is -0.319 e. The third-order valence-corrected chi connectivity index (χ3v) is 1.03. The van der Waals surface area contributed by atoms with E-state index in [-0.39, 0.29) is 6.04 Å². The molecule has 0 aromatic carbocycles. The fourth-order valence-electron chi connectivity index (χ4n) is 0.494. The molecule has 1 atom stereocenters.